The van der Waals surface area contributed by atoms with Crippen LogP contribution in [0, 0.1) is 11.8 Å². The summed E-state index contributed by atoms with van der Waals surface area (Å²) < 4.78 is 0. The number of rotatable bonds is 4. The number of amides is 2. The molecule has 0 aliphatic carbocycles. The number of carboxylic acid groups (broad SMARTS) is 1. The minimum absolute atomic E-state index is 0.224. The lowest BCUT2D eigenvalue weighted by Crippen LogP contribution is -2.35. The van der Waals surface area contributed by atoms with Crippen molar-refractivity contribution < 1.29 is 14.7 Å². The molecule has 1 rings (SSSR count). The van der Waals surface area contributed by atoms with Crippen molar-refractivity contribution in [1.29, 1.82) is 0 Å². The van der Waals surface area contributed by atoms with Gasteiger partial charge in [0, 0.05) is 6.54 Å². The zero-order chi connectivity index (χ0) is 13.4. The van der Waals surface area contributed by atoms with Crippen LogP contribution in [0.25, 0.3) is 0 Å². The highest BCUT2D eigenvalue weighted by molar-refractivity contribution is 5.87. The first-order chi connectivity index (χ1) is 8.63. The van der Waals surface area contributed by atoms with Crippen molar-refractivity contribution in [3.63, 3.8) is 0 Å². The first-order valence-electron chi connectivity index (χ1n) is 5.37. The Morgan fingerprint density at radius 1 is 1.22 bits per heavy atom. The van der Waals surface area contributed by atoms with Crippen LogP contribution in [0.4, 0.5) is 4.79 Å². The molecule has 0 bridgehead atoms. The summed E-state index contributed by atoms with van der Waals surface area (Å²) >= 11 is 0. The van der Waals surface area contributed by atoms with Gasteiger partial charge in [0.2, 0.25) is 0 Å². The lowest BCUT2D eigenvalue weighted by Gasteiger charge is -2.05. The van der Waals surface area contributed by atoms with Gasteiger partial charge < -0.3 is 15.7 Å². The van der Waals surface area contributed by atoms with Crippen LogP contribution in [0.5, 0.6) is 0 Å². The van der Waals surface area contributed by atoms with E-state index in [1.165, 1.54) is 12.1 Å². The molecule has 0 heterocycles. The highest BCUT2D eigenvalue weighted by Gasteiger charge is 2.02. The molecular formula is C13H14N2O3. The second-order valence-corrected chi connectivity index (χ2v) is 3.47. The Balaban J connectivity index is 2.40. The monoisotopic (exact) mass is 246 g/mol. The third kappa shape index (κ3) is 4.58. The predicted molar refractivity (Wildman–Crippen MR) is 67.1 cm³/mol. The number of aromatic carboxylic acids is 1. The summed E-state index contributed by atoms with van der Waals surface area (Å²) in [5, 5.41) is 13.9. The van der Waals surface area contributed by atoms with Gasteiger partial charge in [-0.2, -0.15) is 0 Å². The van der Waals surface area contributed by atoms with Crippen molar-refractivity contribution in [3.05, 3.63) is 35.4 Å². The Hall–Kier alpha value is -2.48. The second kappa shape index (κ2) is 6.97. The summed E-state index contributed by atoms with van der Waals surface area (Å²) in [5.41, 5.74) is 1.05. The molecule has 0 saturated heterocycles. The summed E-state index contributed by atoms with van der Waals surface area (Å²) in [4.78, 5) is 21.9. The third-order valence-corrected chi connectivity index (χ3v) is 2.17. The van der Waals surface area contributed by atoms with E-state index in [9.17, 15) is 9.59 Å². The Kier molecular flexibility index (Phi) is 5.26. The zero-order valence-corrected chi connectivity index (χ0v) is 9.99. The van der Waals surface area contributed by atoms with E-state index in [4.69, 9.17) is 5.11 Å². The van der Waals surface area contributed by atoms with Crippen molar-refractivity contribution in [2.24, 2.45) is 0 Å². The number of hydrogen-bond donors (Lipinski definition) is 3. The molecule has 94 valence electrons. The van der Waals surface area contributed by atoms with E-state index in [0.29, 0.717) is 13.1 Å². The summed E-state index contributed by atoms with van der Waals surface area (Å²) in [7, 11) is 0. The number of benzene rings is 1. The van der Waals surface area contributed by atoms with Crippen molar-refractivity contribution in [2.45, 2.75) is 13.5 Å². The SMILES string of the molecule is CC#CCNC(=O)NCc1ccc(C(=O)O)cc1. The smallest absolute Gasteiger partial charge is 0.335 e. The van der Waals surface area contributed by atoms with Crippen LogP contribution in [0.1, 0.15) is 22.8 Å². The van der Waals surface area contributed by atoms with Gasteiger partial charge in [-0.15, -0.1) is 5.92 Å². The summed E-state index contributed by atoms with van der Waals surface area (Å²) in [6, 6.07) is 6.02. The van der Waals surface area contributed by atoms with Gasteiger partial charge in [0.15, 0.2) is 0 Å². The average molecular weight is 246 g/mol. The van der Waals surface area contributed by atoms with E-state index in [2.05, 4.69) is 22.5 Å². The maximum absolute atomic E-state index is 11.3. The standard InChI is InChI=1S/C13H14N2O3/c1-2-3-8-14-13(18)15-9-10-4-6-11(7-5-10)12(16)17/h4-7H,8-9H2,1H3,(H,16,17)(H2,14,15,18). The van der Waals surface area contributed by atoms with Crippen LogP contribution >= 0.6 is 0 Å². The van der Waals surface area contributed by atoms with Crippen molar-refractivity contribution in [3.8, 4) is 11.8 Å². The van der Waals surface area contributed by atoms with Gasteiger partial charge in [0.25, 0.3) is 0 Å². The molecule has 5 heteroatoms. The predicted octanol–water partition coefficient (Wildman–Crippen LogP) is 1.21. The molecule has 0 fully saturated rings. The van der Waals surface area contributed by atoms with Crippen LogP contribution in [0.3, 0.4) is 0 Å². The molecule has 0 aliphatic heterocycles. The Bertz CT molecular complexity index is 483. The van der Waals surface area contributed by atoms with E-state index in [0.717, 1.165) is 5.56 Å². The number of carbonyl (C=O) groups excluding carboxylic acids is 1. The number of urea groups is 1. The van der Waals surface area contributed by atoms with E-state index < -0.39 is 5.97 Å². The third-order valence-electron chi connectivity index (χ3n) is 2.17. The molecule has 2 amide bonds. The molecule has 0 atom stereocenters. The normalized spacial score (nSPS) is 8.94. The fraction of sp³-hybridized carbons (Fsp3) is 0.231. The Labute approximate surface area is 105 Å². The number of carbonyl (C=O) groups is 2. The molecule has 1 aromatic rings. The minimum Gasteiger partial charge on any atom is -0.478 e. The lowest BCUT2D eigenvalue weighted by atomic mass is 10.1. The Morgan fingerprint density at radius 3 is 2.44 bits per heavy atom. The quantitative estimate of drug-likeness (QED) is 0.699. The molecule has 1 aromatic carbocycles. The van der Waals surface area contributed by atoms with Crippen LogP contribution in [0.15, 0.2) is 24.3 Å². The highest BCUT2D eigenvalue weighted by Crippen LogP contribution is 2.03. The van der Waals surface area contributed by atoms with E-state index in [1.54, 1.807) is 19.1 Å². The largest absolute Gasteiger partial charge is 0.478 e. The van der Waals surface area contributed by atoms with Gasteiger partial charge in [-0.25, -0.2) is 9.59 Å². The molecule has 18 heavy (non-hydrogen) atoms. The van der Waals surface area contributed by atoms with E-state index in [-0.39, 0.29) is 11.6 Å². The minimum atomic E-state index is -0.967. The molecule has 0 saturated carbocycles. The van der Waals surface area contributed by atoms with E-state index >= 15 is 0 Å². The number of nitrogens with one attached hydrogen (secondary N) is 2. The fourth-order valence-corrected chi connectivity index (χ4v) is 1.22. The van der Waals surface area contributed by atoms with Crippen LogP contribution in [0.2, 0.25) is 0 Å². The highest BCUT2D eigenvalue weighted by atomic mass is 16.4. The van der Waals surface area contributed by atoms with E-state index in [1.807, 2.05) is 0 Å². The first kappa shape index (κ1) is 13.6. The number of hydrogen-bond acceptors (Lipinski definition) is 2. The van der Waals surface area contributed by atoms with Crippen molar-refractivity contribution in [2.75, 3.05) is 6.54 Å². The summed E-state index contributed by atoms with van der Waals surface area (Å²) in [6.45, 7) is 2.34. The maximum atomic E-state index is 11.3. The molecule has 0 aliphatic rings. The summed E-state index contributed by atoms with van der Waals surface area (Å²) in [5.74, 6) is 4.41. The summed E-state index contributed by atoms with van der Waals surface area (Å²) in [6.07, 6.45) is 0. The zero-order valence-electron chi connectivity index (χ0n) is 9.99. The maximum Gasteiger partial charge on any atom is 0.335 e. The lowest BCUT2D eigenvalue weighted by molar-refractivity contribution is 0.0697. The van der Waals surface area contributed by atoms with Gasteiger partial charge in [0.05, 0.1) is 12.1 Å². The van der Waals surface area contributed by atoms with Crippen LogP contribution in [-0.4, -0.2) is 23.7 Å². The molecule has 0 spiro atoms. The molecule has 0 radical (unpaired) electrons. The average Bonchev–Trinajstić information content (AvgIpc) is 2.37. The molecule has 0 aromatic heterocycles. The second-order valence-electron chi connectivity index (χ2n) is 3.47. The topological polar surface area (TPSA) is 78.4 Å². The molecular weight excluding hydrogens is 232 g/mol. The molecule has 3 N–H and O–H groups in total. The fourth-order valence-electron chi connectivity index (χ4n) is 1.22. The first-order valence-corrected chi connectivity index (χ1v) is 5.37. The van der Waals surface area contributed by atoms with Gasteiger partial charge in [-0.05, 0) is 24.6 Å². The van der Waals surface area contributed by atoms with Gasteiger partial charge >= 0.3 is 12.0 Å². The van der Waals surface area contributed by atoms with Crippen LogP contribution in [-0.2, 0) is 6.54 Å². The molecule has 0 unspecified atom stereocenters. The van der Waals surface area contributed by atoms with Gasteiger partial charge in [-0.3, -0.25) is 0 Å². The van der Waals surface area contributed by atoms with Crippen molar-refractivity contribution in [1.82, 2.24) is 10.6 Å². The van der Waals surface area contributed by atoms with Crippen LogP contribution < -0.4 is 10.6 Å². The van der Waals surface area contributed by atoms with Gasteiger partial charge in [-0.1, -0.05) is 18.1 Å². The molecule has 5 nitrogen and oxygen atoms in total. The number of carboxylic acids is 1. The van der Waals surface area contributed by atoms with Gasteiger partial charge in [0.1, 0.15) is 0 Å². The Morgan fingerprint density at radius 2 is 1.89 bits per heavy atom. The van der Waals surface area contributed by atoms with Crippen molar-refractivity contribution >= 4 is 12.0 Å².